The normalized spacial score (nSPS) is 11.3. The van der Waals surface area contributed by atoms with E-state index >= 15 is 0 Å². The molecule has 0 aliphatic rings. The molecule has 0 aliphatic carbocycles. The monoisotopic (exact) mass is 312 g/mol. The summed E-state index contributed by atoms with van der Waals surface area (Å²) in [6.07, 6.45) is 0.459. The molecule has 106 valence electrons. The molecule has 0 atom stereocenters. The predicted molar refractivity (Wildman–Crippen MR) is 79.6 cm³/mol. The second-order valence-corrected chi connectivity index (χ2v) is 4.68. The lowest BCUT2D eigenvalue weighted by molar-refractivity contribution is -0.112. The van der Waals surface area contributed by atoms with Crippen molar-refractivity contribution in [2.45, 2.75) is 20.3 Å². The van der Waals surface area contributed by atoms with Crippen molar-refractivity contribution >= 4 is 34.8 Å². The molecule has 6 heteroatoms. The largest absolute Gasteiger partial charge is 0.497 e. The number of halogens is 2. The zero-order chi connectivity index (χ0) is 15.1. The number of hydrogen-bond donors (Lipinski definition) is 1. The molecule has 1 aromatic rings. The number of allylic oxidation sites excluding steroid dienone is 1. The minimum Gasteiger partial charge on any atom is -0.497 e. The van der Waals surface area contributed by atoms with Crippen LogP contribution in [0.5, 0.6) is 0 Å². The molecule has 0 aliphatic heterocycles. The summed E-state index contributed by atoms with van der Waals surface area (Å²) in [4.78, 5) is 12.1. The Balaban J connectivity index is 3.01. The molecule has 0 bridgehead atoms. The summed E-state index contributed by atoms with van der Waals surface area (Å²) >= 11 is 11.7. The van der Waals surface area contributed by atoms with Crippen molar-refractivity contribution in [3.63, 3.8) is 0 Å². The van der Waals surface area contributed by atoms with Crippen LogP contribution in [-0.4, -0.2) is 12.5 Å². The third kappa shape index (κ3) is 4.44. The number of hydrogen-bond acceptors (Lipinski definition) is 3. The third-order valence-electron chi connectivity index (χ3n) is 2.38. The lowest BCUT2D eigenvalue weighted by Crippen LogP contribution is -2.16. The quantitative estimate of drug-likeness (QED) is 0.504. The molecule has 0 unspecified atom stereocenters. The Hall–Kier alpha value is -1.70. The van der Waals surface area contributed by atoms with Crippen molar-refractivity contribution in [3.05, 3.63) is 39.6 Å². The van der Waals surface area contributed by atoms with Gasteiger partial charge in [-0.05, 0) is 25.1 Å². The number of nitriles is 1. The van der Waals surface area contributed by atoms with Crippen LogP contribution in [0.3, 0.4) is 0 Å². The van der Waals surface area contributed by atoms with Crippen molar-refractivity contribution < 1.29 is 9.53 Å². The maximum Gasteiger partial charge on any atom is 0.269 e. The van der Waals surface area contributed by atoms with E-state index in [1.54, 1.807) is 25.1 Å². The van der Waals surface area contributed by atoms with Gasteiger partial charge < -0.3 is 10.1 Å². The fourth-order valence-electron chi connectivity index (χ4n) is 1.58. The molecule has 1 aromatic carbocycles. The molecule has 0 saturated carbocycles. The van der Waals surface area contributed by atoms with Crippen LogP contribution in [0.25, 0.3) is 0 Å². The van der Waals surface area contributed by atoms with Crippen molar-refractivity contribution in [1.82, 2.24) is 0 Å². The SMILES string of the molecule is CCOC(CC)=C(C#N)C(=O)Nc1cc(Cl)cc(Cl)c1. The van der Waals surface area contributed by atoms with Gasteiger partial charge in [0.25, 0.3) is 5.91 Å². The number of carbonyl (C=O) groups excluding carboxylic acids is 1. The smallest absolute Gasteiger partial charge is 0.269 e. The van der Waals surface area contributed by atoms with E-state index in [2.05, 4.69) is 5.32 Å². The summed E-state index contributed by atoms with van der Waals surface area (Å²) in [5.41, 5.74) is 0.373. The minimum atomic E-state index is -0.545. The van der Waals surface area contributed by atoms with Crippen LogP contribution in [0, 0.1) is 11.3 Å². The highest BCUT2D eigenvalue weighted by Gasteiger charge is 2.16. The van der Waals surface area contributed by atoms with Crippen molar-refractivity contribution in [2.24, 2.45) is 0 Å². The highest BCUT2D eigenvalue weighted by molar-refractivity contribution is 6.35. The summed E-state index contributed by atoms with van der Waals surface area (Å²) < 4.78 is 5.29. The Morgan fingerprint density at radius 1 is 1.30 bits per heavy atom. The fourth-order valence-corrected chi connectivity index (χ4v) is 2.11. The summed E-state index contributed by atoms with van der Waals surface area (Å²) in [7, 11) is 0. The first kappa shape index (κ1) is 16.4. The minimum absolute atomic E-state index is 0.0505. The predicted octanol–water partition coefficient (Wildman–Crippen LogP) is 4.16. The third-order valence-corrected chi connectivity index (χ3v) is 2.81. The lowest BCUT2D eigenvalue weighted by Gasteiger charge is -2.10. The molecule has 0 heterocycles. The van der Waals surface area contributed by atoms with Gasteiger partial charge in [0.2, 0.25) is 0 Å². The summed E-state index contributed by atoms with van der Waals surface area (Å²) in [6.45, 7) is 4.00. The van der Waals surface area contributed by atoms with E-state index in [4.69, 9.17) is 33.2 Å². The second kappa shape index (κ2) is 7.78. The summed E-state index contributed by atoms with van der Waals surface area (Å²) in [5.74, 6) is -0.184. The van der Waals surface area contributed by atoms with Crippen molar-refractivity contribution in [2.75, 3.05) is 11.9 Å². The van der Waals surface area contributed by atoms with Crippen LogP contribution in [0.15, 0.2) is 29.5 Å². The molecular weight excluding hydrogens is 299 g/mol. The van der Waals surface area contributed by atoms with Gasteiger partial charge in [0.1, 0.15) is 11.8 Å². The number of carbonyl (C=O) groups is 1. The highest BCUT2D eigenvalue weighted by Crippen LogP contribution is 2.23. The maximum atomic E-state index is 12.1. The average molecular weight is 313 g/mol. The fraction of sp³-hybridized carbons (Fsp3) is 0.286. The standard InChI is InChI=1S/C14H14Cl2N2O2/c1-3-13(20-4-2)12(8-17)14(19)18-11-6-9(15)5-10(16)7-11/h5-7H,3-4H2,1-2H3,(H,18,19). The zero-order valence-electron chi connectivity index (χ0n) is 11.2. The van der Waals surface area contributed by atoms with E-state index in [0.717, 1.165) is 0 Å². The zero-order valence-corrected chi connectivity index (χ0v) is 12.7. The van der Waals surface area contributed by atoms with E-state index in [-0.39, 0.29) is 5.57 Å². The first-order valence-electron chi connectivity index (χ1n) is 6.05. The van der Waals surface area contributed by atoms with Gasteiger partial charge in [-0.25, -0.2) is 0 Å². The molecule has 0 aromatic heterocycles. The molecule has 4 nitrogen and oxygen atoms in total. The van der Waals surface area contributed by atoms with E-state index in [1.165, 1.54) is 0 Å². The Morgan fingerprint density at radius 3 is 2.35 bits per heavy atom. The van der Waals surface area contributed by atoms with Crippen molar-refractivity contribution in [3.8, 4) is 6.07 Å². The molecule has 0 fully saturated rings. The number of anilines is 1. The van der Waals surface area contributed by atoms with Crippen LogP contribution >= 0.6 is 23.2 Å². The summed E-state index contributed by atoms with van der Waals surface area (Å²) in [5, 5.41) is 12.5. The van der Waals surface area contributed by atoms with Crippen molar-refractivity contribution in [1.29, 1.82) is 5.26 Å². The van der Waals surface area contributed by atoms with Gasteiger partial charge in [-0.15, -0.1) is 0 Å². The van der Waals surface area contributed by atoms with Gasteiger partial charge in [-0.3, -0.25) is 4.79 Å². The first-order chi connectivity index (χ1) is 9.51. The van der Waals surface area contributed by atoms with E-state index in [0.29, 0.717) is 34.5 Å². The van der Waals surface area contributed by atoms with Crippen LogP contribution in [0.4, 0.5) is 5.69 Å². The van der Waals surface area contributed by atoms with Gasteiger partial charge in [-0.1, -0.05) is 30.1 Å². The molecule has 0 saturated heterocycles. The Kier molecular flexibility index (Phi) is 6.37. The van der Waals surface area contributed by atoms with Crippen LogP contribution in [0.2, 0.25) is 10.0 Å². The first-order valence-corrected chi connectivity index (χ1v) is 6.80. The number of nitrogens with zero attached hydrogens (tertiary/aromatic N) is 1. The van der Waals surface area contributed by atoms with E-state index < -0.39 is 5.91 Å². The van der Waals surface area contributed by atoms with Gasteiger partial charge in [0.15, 0.2) is 5.57 Å². The van der Waals surface area contributed by atoms with E-state index in [1.807, 2.05) is 13.0 Å². The second-order valence-electron chi connectivity index (χ2n) is 3.81. The highest BCUT2D eigenvalue weighted by atomic mass is 35.5. The number of nitrogens with one attached hydrogen (secondary N) is 1. The Bertz CT molecular complexity index is 557. The van der Waals surface area contributed by atoms with Gasteiger partial charge in [0.05, 0.1) is 6.61 Å². The van der Waals surface area contributed by atoms with Gasteiger partial charge in [-0.2, -0.15) is 5.26 Å². The molecular formula is C14H14Cl2N2O2. The van der Waals surface area contributed by atoms with Gasteiger partial charge >= 0.3 is 0 Å². The topological polar surface area (TPSA) is 62.1 Å². The maximum absolute atomic E-state index is 12.1. The average Bonchev–Trinajstić information content (AvgIpc) is 2.37. The molecule has 20 heavy (non-hydrogen) atoms. The molecule has 0 radical (unpaired) electrons. The number of amides is 1. The van der Waals surface area contributed by atoms with Crippen LogP contribution in [-0.2, 0) is 9.53 Å². The van der Waals surface area contributed by atoms with Crippen LogP contribution in [0.1, 0.15) is 20.3 Å². The lowest BCUT2D eigenvalue weighted by atomic mass is 10.2. The molecule has 1 N–H and O–H groups in total. The number of benzene rings is 1. The Labute approximate surface area is 127 Å². The van der Waals surface area contributed by atoms with E-state index in [9.17, 15) is 4.79 Å². The van der Waals surface area contributed by atoms with Gasteiger partial charge in [0, 0.05) is 22.2 Å². The summed E-state index contributed by atoms with van der Waals surface area (Å²) in [6, 6.07) is 6.51. The number of rotatable bonds is 5. The molecule has 0 spiro atoms. The Morgan fingerprint density at radius 2 is 1.90 bits per heavy atom. The number of ether oxygens (including phenoxy) is 1. The molecule has 1 rings (SSSR count). The van der Waals surface area contributed by atoms with Crippen LogP contribution < -0.4 is 5.32 Å². The molecule has 1 amide bonds.